The molecular formula is C19H14O2. The summed E-state index contributed by atoms with van der Waals surface area (Å²) >= 11 is 0. The highest BCUT2D eigenvalue weighted by Gasteiger charge is 1.99. The average Bonchev–Trinajstić information content (AvgIpc) is 2.53. The van der Waals surface area contributed by atoms with Crippen molar-refractivity contribution in [1.29, 1.82) is 0 Å². The molecule has 3 aromatic carbocycles. The molecule has 0 unspecified atom stereocenters. The van der Waals surface area contributed by atoms with Crippen molar-refractivity contribution in [1.82, 2.24) is 0 Å². The lowest BCUT2D eigenvalue weighted by Crippen LogP contribution is -1.85. The number of rotatable bonds is 3. The van der Waals surface area contributed by atoms with E-state index >= 15 is 0 Å². The molecule has 3 rings (SSSR count). The fraction of sp³-hybridized carbons (Fsp3) is 0. The number of hydrogen-bond acceptors (Lipinski definition) is 1. The molecule has 0 aliphatic rings. The first-order valence-corrected chi connectivity index (χ1v) is 6.73. The molecule has 0 heterocycles. The van der Waals surface area contributed by atoms with E-state index < -0.39 is 5.97 Å². The highest BCUT2D eigenvalue weighted by molar-refractivity contribution is 5.88. The molecule has 0 fully saturated rings. The number of carboxylic acid groups (broad SMARTS) is 1. The molecule has 0 atom stereocenters. The number of fused-ring (bicyclic) bond motifs is 1. The normalized spacial score (nSPS) is 11.0. The lowest BCUT2D eigenvalue weighted by atomic mass is 10.0. The van der Waals surface area contributed by atoms with Gasteiger partial charge in [-0.25, -0.2) is 4.79 Å². The maximum atomic E-state index is 10.5. The van der Waals surface area contributed by atoms with E-state index in [-0.39, 0.29) is 0 Å². The molecule has 0 amide bonds. The number of carboxylic acids is 1. The molecule has 2 heteroatoms. The van der Waals surface area contributed by atoms with Gasteiger partial charge in [0.15, 0.2) is 0 Å². The number of benzene rings is 3. The van der Waals surface area contributed by atoms with Gasteiger partial charge in [0, 0.05) is 6.08 Å². The van der Waals surface area contributed by atoms with Gasteiger partial charge in [0.1, 0.15) is 0 Å². The fourth-order valence-corrected chi connectivity index (χ4v) is 2.32. The van der Waals surface area contributed by atoms with Crippen LogP contribution in [0.4, 0.5) is 0 Å². The lowest BCUT2D eigenvalue weighted by Gasteiger charge is -2.04. The predicted octanol–water partition coefficient (Wildman–Crippen LogP) is 4.60. The third kappa shape index (κ3) is 3.00. The van der Waals surface area contributed by atoms with E-state index in [0.717, 1.165) is 22.8 Å². The minimum Gasteiger partial charge on any atom is -0.478 e. The molecule has 1 N–H and O–H groups in total. The van der Waals surface area contributed by atoms with E-state index in [1.165, 1.54) is 10.8 Å². The monoisotopic (exact) mass is 274 g/mol. The zero-order chi connectivity index (χ0) is 14.7. The lowest BCUT2D eigenvalue weighted by molar-refractivity contribution is -0.131. The Bertz CT molecular complexity index is 814. The van der Waals surface area contributed by atoms with E-state index in [1.54, 1.807) is 6.08 Å². The zero-order valence-corrected chi connectivity index (χ0v) is 11.4. The van der Waals surface area contributed by atoms with E-state index in [1.807, 2.05) is 36.4 Å². The van der Waals surface area contributed by atoms with Crippen LogP contribution >= 0.6 is 0 Å². The Morgan fingerprint density at radius 1 is 0.810 bits per heavy atom. The summed E-state index contributed by atoms with van der Waals surface area (Å²) in [5, 5.41) is 11.1. The molecule has 2 nitrogen and oxygen atoms in total. The first kappa shape index (κ1) is 13.1. The first-order valence-electron chi connectivity index (χ1n) is 6.73. The van der Waals surface area contributed by atoms with E-state index in [9.17, 15) is 4.79 Å². The minimum atomic E-state index is -0.936. The molecule has 0 bridgehead atoms. The molecule has 0 saturated carbocycles. The van der Waals surface area contributed by atoms with Crippen LogP contribution in [0.5, 0.6) is 0 Å². The molecule has 0 aromatic heterocycles. The third-order valence-electron chi connectivity index (χ3n) is 3.41. The van der Waals surface area contributed by atoms with Crippen molar-refractivity contribution in [2.45, 2.75) is 0 Å². The minimum absolute atomic E-state index is 0.877. The summed E-state index contributed by atoms with van der Waals surface area (Å²) in [5.41, 5.74) is 3.15. The average molecular weight is 274 g/mol. The summed E-state index contributed by atoms with van der Waals surface area (Å²) in [6.45, 7) is 0. The van der Waals surface area contributed by atoms with Crippen molar-refractivity contribution >= 4 is 22.8 Å². The van der Waals surface area contributed by atoms with Crippen molar-refractivity contribution < 1.29 is 9.90 Å². The summed E-state index contributed by atoms with van der Waals surface area (Å²) in [5.74, 6) is -0.936. The maximum Gasteiger partial charge on any atom is 0.328 e. The maximum absolute atomic E-state index is 10.5. The van der Waals surface area contributed by atoms with Crippen LogP contribution in [0, 0.1) is 0 Å². The van der Waals surface area contributed by atoms with Crippen LogP contribution < -0.4 is 0 Å². The molecule has 0 radical (unpaired) electrons. The Morgan fingerprint density at radius 3 is 2.19 bits per heavy atom. The van der Waals surface area contributed by atoms with Gasteiger partial charge < -0.3 is 5.11 Å². The Morgan fingerprint density at radius 2 is 1.48 bits per heavy atom. The largest absolute Gasteiger partial charge is 0.478 e. The third-order valence-corrected chi connectivity index (χ3v) is 3.41. The van der Waals surface area contributed by atoms with Crippen LogP contribution in [0.3, 0.4) is 0 Å². The summed E-state index contributed by atoms with van der Waals surface area (Å²) in [6, 6.07) is 22.5. The molecule has 3 aromatic rings. The van der Waals surface area contributed by atoms with Crippen molar-refractivity contribution in [3.63, 3.8) is 0 Å². The summed E-state index contributed by atoms with van der Waals surface area (Å²) in [4.78, 5) is 10.5. The Labute approximate surface area is 123 Å². The van der Waals surface area contributed by atoms with Gasteiger partial charge in [-0.15, -0.1) is 0 Å². The highest BCUT2D eigenvalue weighted by atomic mass is 16.4. The van der Waals surface area contributed by atoms with Gasteiger partial charge in [0.05, 0.1) is 0 Å². The summed E-state index contributed by atoms with van der Waals surface area (Å²) < 4.78 is 0. The van der Waals surface area contributed by atoms with Crippen LogP contribution in [-0.2, 0) is 4.79 Å². The van der Waals surface area contributed by atoms with E-state index in [4.69, 9.17) is 5.11 Å². The van der Waals surface area contributed by atoms with E-state index in [0.29, 0.717) is 0 Å². The zero-order valence-electron chi connectivity index (χ0n) is 11.4. The van der Waals surface area contributed by atoms with Gasteiger partial charge in [-0.3, -0.25) is 0 Å². The van der Waals surface area contributed by atoms with Gasteiger partial charge in [0.25, 0.3) is 0 Å². The standard InChI is InChI=1S/C19H14O2/c20-19(21)12-7-14-5-8-16(9-6-14)18-11-10-15-3-1-2-4-17(15)13-18/h1-13H,(H,20,21)/b12-7+. The molecule has 102 valence electrons. The van der Waals surface area contributed by atoms with Gasteiger partial charge in [-0.1, -0.05) is 60.7 Å². The van der Waals surface area contributed by atoms with Crippen molar-refractivity contribution in [2.75, 3.05) is 0 Å². The Hall–Kier alpha value is -2.87. The highest BCUT2D eigenvalue weighted by Crippen LogP contribution is 2.24. The Kier molecular flexibility index (Phi) is 3.52. The van der Waals surface area contributed by atoms with Crippen LogP contribution in [0.1, 0.15) is 5.56 Å². The van der Waals surface area contributed by atoms with Crippen LogP contribution in [-0.4, -0.2) is 11.1 Å². The van der Waals surface area contributed by atoms with Crippen molar-refractivity contribution in [2.24, 2.45) is 0 Å². The van der Waals surface area contributed by atoms with Gasteiger partial charge in [-0.05, 0) is 39.6 Å². The number of aliphatic carboxylic acids is 1. The SMILES string of the molecule is O=C(O)/C=C/c1ccc(-c2ccc3ccccc3c2)cc1. The summed E-state index contributed by atoms with van der Waals surface area (Å²) in [6.07, 6.45) is 2.73. The quantitative estimate of drug-likeness (QED) is 0.708. The van der Waals surface area contributed by atoms with E-state index in [2.05, 4.69) is 30.3 Å². The topological polar surface area (TPSA) is 37.3 Å². The second-order valence-electron chi connectivity index (χ2n) is 4.86. The van der Waals surface area contributed by atoms with Crippen LogP contribution in [0.25, 0.3) is 28.0 Å². The van der Waals surface area contributed by atoms with Gasteiger partial charge in [-0.2, -0.15) is 0 Å². The van der Waals surface area contributed by atoms with Crippen molar-refractivity contribution in [3.05, 3.63) is 78.4 Å². The second-order valence-corrected chi connectivity index (χ2v) is 4.86. The second kappa shape index (κ2) is 5.63. The molecule has 0 aliphatic heterocycles. The smallest absolute Gasteiger partial charge is 0.328 e. The number of carbonyl (C=O) groups is 1. The Balaban J connectivity index is 1.93. The van der Waals surface area contributed by atoms with Crippen molar-refractivity contribution in [3.8, 4) is 11.1 Å². The fourth-order valence-electron chi connectivity index (χ4n) is 2.32. The predicted molar refractivity (Wildman–Crippen MR) is 86.1 cm³/mol. The molecular weight excluding hydrogens is 260 g/mol. The summed E-state index contributed by atoms with van der Waals surface area (Å²) in [7, 11) is 0. The van der Waals surface area contributed by atoms with Crippen LogP contribution in [0.15, 0.2) is 72.8 Å². The molecule has 0 spiro atoms. The molecule has 0 saturated heterocycles. The van der Waals surface area contributed by atoms with Gasteiger partial charge in [0.2, 0.25) is 0 Å². The molecule has 21 heavy (non-hydrogen) atoms. The van der Waals surface area contributed by atoms with Crippen LogP contribution in [0.2, 0.25) is 0 Å². The first-order chi connectivity index (χ1) is 10.2. The van der Waals surface area contributed by atoms with Gasteiger partial charge >= 0.3 is 5.97 Å². The molecule has 0 aliphatic carbocycles. The number of hydrogen-bond donors (Lipinski definition) is 1.